The van der Waals surface area contributed by atoms with Crippen molar-refractivity contribution < 1.29 is 18.0 Å². The quantitative estimate of drug-likeness (QED) is 0.738. The number of benzene rings is 2. The van der Waals surface area contributed by atoms with Crippen molar-refractivity contribution in [3.05, 3.63) is 64.4 Å². The molecular formula is C17H16ClF3N2O. The molecule has 0 spiro atoms. The van der Waals surface area contributed by atoms with Gasteiger partial charge in [-0.2, -0.15) is 0 Å². The minimum absolute atomic E-state index is 0.0824. The fourth-order valence-electron chi connectivity index (χ4n) is 2.06. The standard InChI is InChI=1S/C17H16ClF3N2O/c18-12-3-1-11(2-4-12)7-9-23-15(24)8-10-22-14-6-5-13(19)16(20)17(14)21/h1-6,22H,7-10H2,(H,23,24). The van der Waals surface area contributed by atoms with Gasteiger partial charge in [0.15, 0.2) is 17.5 Å². The van der Waals surface area contributed by atoms with Crippen LogP contribution in [0, 0.1) is 17.5 Å². The number of carbonyl (C=O) groups excluding carboxylic acids is 1. The van der Waals surface area contributed by atoms with Crippen LogP contribution in [0.4, 0.5) is 18.9 Å². The van der Waals surface area contributed by atoms with Crippen molar-refractivity contribution >= 4 is 23.2 Å². The van der Waals surface area contributed by atoms with E-state index in [0.717, 1.165) is 17.7 Å². The summed E-state index contributed by atoms with van der Waals surface area (Å²) in [5, 5.41) is 5.95. The maximum Gasteiger partial charge on any atom is 0.221 e. The predicted octanol–water partition coefficient (Wildman–Crippen LogP) is 3.92. The summed E-state index contributed by atoms with van der Waals surface area (Å²) in [5.74, 6) is -4.30. The maximum atomic E-state index is 13.4. The molecule has 0 saturated heterocycles. The van der Waals surface area contributed by atoms with E-state index < -0.39 is 17.5 Å². The molecule has 0 aliphatic heterocycles. The lowest BCUT2D eigenvalue weighted by Crippen LogP contribution is -2.27. The second-order valence-corrected chi connectivity index (χ2v) is 5.56. The number of rotatable bonds is 7. The van der Waals surface area contributed by atoms with E-state index in [1.54, 1.807) is 12.1 Å². The average Bonchev–Trinajstić information content (AvgIpc) is 2.57. The van der Waals surface area contributed by atoms with Gasteiger partial charge in [0.2, 0.25) is 5.91 Å². The van der Waals surface area contributed by atoms with Crippen LogP contribution in [-0.4, -0.2) is 19.0 Å². The average molecular weight is 357 g/mol. The van der Waals surface area contributed by atoms with Gasteiger partial charge >= 0.3 is 0 Å². The zero-order valence-corrected chi connectivity index (χ0v) is 13.5. The first kappa shape index (κ1) is 18.1. The Hall–Kier alpha value is -2.21. The van der Waals surface area contributed by atoms with Crippen molar-refractivity contribution in [2.75, 3.05) is 18.4 Å². The topological polar surface area (TPSA) is 41.1 Å². The van der Waals surface area contributed by atoms with E-state index >= 15 is 0 Å². The number of hydrogen-bond acceptors (Lipinski definition) is 2. The first-order chi connectivity index (χ1) is 11.5. The molecule has 3 nitrogen and oxygen atoms in total. The Morgan fingerprint density at radius 2 is 1.67 bits per heavy atom. The summed E-state index contributed by atoms with van der Waals surface area (Å²) in [4.78, 5) is 11.7. The summed E-state index contributed by atoms with van der Waals surface area (Å²) in [5.41, 5.74) is 0.865. The van der Waals surface area contributed by atoms with Gasteiger partial charge in [-0.15, -0.1) is 0 Å². The van der Waals surface area contributed by atoms with E-state index in [9.17, 15) is 18.0 Å². The van der Waals surface area contributed by atoms with Crippen LogP contribution in [0.25, 0.3) is 0 Å². The highest BCUT2D eigenvalue weighted by Gasteiger charge is 2.13. The maximum absolute atomic E-state index is 13.4. The van der Waals surface area contributed by atoms with Gasteiger partial charge < -0.3 is 10.6 Å². The van der Waals surface area contributed by atoms with E-state index in [2.05, 4.69) is 10.6 Å². The molecule has 24 heavy (non-hydrogen) atoms. The summed E-state index contributed by atoms with van der Waals surface area (Å²) < 4.78 is 39.3. The Kier molecular flexibility index (Phi) is 6.49. The number of nitrogens with one attached hydrogen (secondary N) is 2. The Balaban J connectivity index is 1.70. The molecule has 0 aromatic heterocycles. The van der Waals surface area contributed by atoms with Crippen LogP contribution in [0.5, 0.6) is 0 Å². The molecule has 0 saturated carbocycles. The van der Waals surface area contributed by atoms with Crippen LogP contribution in [0.1, 0.15) is 12.0 Å². The lowest BCUT2D eigenvalue weighted by atomic mass is 10.1. The summed E-state index contributed by atoms with van der Waals surface area (Å²) >= 11 is 5.79. The number of anilines is 1. The normalized spacial score (nSPS) is 10.5. The third-order valence-corrected chi connectivity index (χ3v) is 3.60. The largest absolute Gasteiger partial charge is 0.382 e. The Bertz CT molecular complexity index is 708. The van der Waals surface area contributed by atoms with E-state index in [1.165, 1.54) is 0 Å². The fourth-order valence-corrected chi connectivity index (χ4v) is 2.18. The zero-order valence-electron chi connectivity index (χ0n) is 12.7. The van der Waals surface area contributed by atoms with Crippen molar-refractivity contribution in [3.63, 3.8) is 0 Å². The van der Waals surface area contributed by atoms with Gasteiger partial charge in [-0.3, -0.25) is 4.79 Å². The second kappa shape index (κ2) is 8.59. The minimum atomic E-state index is -1.53. The molecule has 0 atom stereocenters. The lowest BCUT2D eigenvalue weighted by molar-refractivity contribution is -0.120. The van der Waals surface area contributed by atoms with E-state index in [4.69, 9.17) is 11.6 Å². The minimum Gasteiger partial charge on any atom is -0.382 e. The molecule has 0 fully saturated rings. The van der Waals surface area contributed by atoms with Crippen molar-refractivity contribution in [2.45, 2.75) is 12.8 Å². The van der Waals surface area contributed by atoms with Crippen LogP contribution in [0.3, 0.4) is 0 Å². The molecule has 1 amide bonds. The second-order valence-electron chi connectivity index (χ2n) is 5.13. The highest BCUT2D eigenvalue weighted by Crippen LogP contribution is 2.19. The summed E-state index contributed by atoms with van der Waals surface area (Å²) in [6, 6.07) is 9.22. The van der Waals surface area contributed by atoms with Crippen molar-refractivity contribution in [3.8, 4) is 0 Å². The molecule has 2 aromatic rings. The van der Waals surface area contributed by atoms with Crippen LogP contribution in [-0.2, 0) is 11.2 Å². The molecule has 0 bridgehead atoms. The van der Waals surface area contributed by atoms with Gasteiger partial charge in [0.1, 0.15) is 0 Å². The van der Waals surface area contributed by atoms with Crippen LogP contribution < -0.4 is 10.6 Å². The molecule has 0 heterocycles. The van der Waals surface area contributed by atoms with Crippen LogP contribution in [0.15, 0.2) is 36.4 Å². The van der Waals surface area contributed by atoms with Crippen LogP contribution >= 0.6 is 11.6 Å². The zero-order chi connectivity index (χ0) is 17.5. The van der Waals surface area contributed by atoms with Crippen LogP contribution in [0.2, 0.25) is 5.02 Å². The third kappa shape index (κ3) is 5.16. The van der Waals surface area contributed by atoms with Gasteiger partial charge in [-0.05, 0) is 36.2 Å². The smallest absolute Gasteiger partial charge is 0.221 e. The number of carbonyl (C=O) groups is 1. The molecule has 2 N–H and O–H groups in total. The number of halogens is 4. The fraction of sp³-hybridized carbons (Fsp3) is 0.235. The van der Waals surface area contributed by atoms with E-state index in [-0.39, 0.29) is 24.6 Å². The Labute approximate surface area is 142 Å². The van der Waals surface area contributed by atoms with Gasteiger partial charge in [-0.1, -0.05) is 23.7 Å². The Morgan fingerprint density at radius 3 is 2.38 bits per heavy atom. The highest BCUT2D eigenvalue weighted by atomic mass is 35.5. The molecule has 0 radical (unpaired) electrons. The van der Waals surface area contributed by atoms with E-state index in [1.807, 2.05) is 12.1 Å². The Morgan fingerprint density at radius 1 is 0.958 bits per heavy atom. The third-order valence-electron chi connectivity index (χ3n) is 3.35. The van der Waals surface area contributed by atoms with Crippen molar-refractivity contribution in [1.29, 1.82) is 0 Å². The van der Waals surface area contributed by atoms with Gasteiger partial charge in [0.25, 0.3) is 0 Å². The number of hydrogen-bond donors (Lipinski definition) is 2. The van der Waals surface area contributed by atoms with E-state index in [0.29, 0.717) is 18.0 Å². The first-order valence-corrected chi connectivity index (χ1v) is 7.73. The SMILES string of the molecule is O=C(CCNc1ccc(F)c(F)c1F)NCCc1ccc(Cl)cc1. The molecule has 0 aliphatic carbocycles. The monoisotopic (exact) mass is 356 g/mol. The molecule has 7 heteroatoms. The summed E-state index contributed by atoms with van der Waals surface area (Å²) in [7, 11) is 0. The van der Waals surface area contributed by atoms with Gasteiger partial charge in [-0.25, -0.2) is 13.2 Å². The molecule has 0 aliphatic rings. The van der Waals surface area contributed by atoms with Crippen molar-refractivity contribution in [2.24, 2.45) is 0 Å². The number of amides is 1. The van der Waals surface area contributed by atoms with Crippen molar-refractivity contribution in [1.82, 2.24) is 5.32 Å². The highest BCUT2D eigenvalue weighted by molar-refractivity contribution is 6.30. The summed E-state index contributed by atoms with van der Waals surface area (Å²) in [6.45, 7) is 0.564. The van der Waals surface area contributed by atoms with Gasteiger partial charge in [0, 0.05) is 24.5 Å². The first-order valence-electron chi connectivity index (χ1n) is 7.36. The predicted molar refractivity (Wildman–Crippen MR) is 87.6 cm³/mol. The molecule has 2 rings (SSSR count). The molecule has 0 unspecified atom stereocenters. The molecule has 128 valence electrons. The van der Waals surface area contributed by atoms with Gasteiger partial charge in [0.05, 0.1) is 5.69 Å². The summed E-state index contributed by atoms with van der Waals surface area (Å²) in [6.07, 6.45) is 0.743. The molecule has 2 aromatic carbocycles. The molecular weight excluding hydrogens is 341 g/mol. The lowest BCUT2D eigenvalue weighted by Gasteiger charge is -2.09.